The molecule has 3 heterocycles. The molecule has 2 saturated heterocycles. The number of alkyl halides is 3. The smallest absolute Gasteiger partial charge is 0.406 e. The fourth-order valence-electron chi connectivity index (χ4n) is 5.62. The van der Waals surface area contributed by atoms with Crippen LogP contribution < -0.4 is 20.7 Å². The summed E-state index contributed by atoms with van der Waals surface area (Å²) in [6.07, 6.45) is 3.41. The number of aliphatic hydroxyl groups is 1. The summed E-state index contributed by atoms with van der Waals surface area (Å²) in [5.74, 6) is 6.65. The predicted molar refractivity (Wildman–Crippen MR) is 173 cm³/mol. The number of fused-ring (bicyclic) bond motifs is 1. The Balaban J connectivity index is 0.000000419. The van der Waals surface area contributed by atoms with Gasteiger partial charge in [-0.15, -0.1) is 11.8 Å². The molecule has 0 bridgehead atoms. The van der Waals surface area contributed by atoms with Crippen LogP contribution in [-0.4, -0.2) is 75.2 Å². The van der Waals surface area contributed by atoms with E-state index in [-0.39, 0.29) is 6.54 Å². The molecule has 4 N–H and O–H groups in total. The van der Waals surface area contributed by atoms with E-state index in [0.717, 1.165) is 54.8 Å². The van der Waals surface area contributed by atoms with Crippen LogP contribution >= 0.6 is 11.8 Å². The Labute approximate surface area is 262 Å². The molecule has 0 radical (unpaired) electrons. The molecule has 0 atom stereocenters. The minimum Gasteiger partial charge on any atom is -0.495 e. The first-order valence-corrected chi connectivity index (χ1v) is 16.2. The first-order valence-electron chi connectivity index (χ1n) is 14.9. The lowest BCUT2D eigenvalue weighted by Gasteiger charge is -2.48. The third kappa shape index (κ3) is 8.78. The Morgan fingerprint density at radius 2 is 1.84 bits per heavy atom. The van der Waals surface area contributed by atoms with Gasteiger partial charge in [-0.05, 0) is 61.4 Å². The number of hydrogen-bond donors (Lipinski definition) is 4. The van der Waals surface area contributed by atoms with E-state index in [1.807, 2.05) is 36.6 Å². The third-order valence-electron chi connectivity index (χ3n) is 8.06. The van der Waals surface area contributed by atoms with Crippen molar-refractivity contribution in [2.75, 3.05) is 64.0 Å². The zero-order valence-electron chi connectivity index (χ0n) is 25.7. The zero-order chi connectivity index (χ0) is 31.6. The summed E-state index contributed by atoms with van der Waals surface area (Å²) in [7, 11) is 2.60. The van der Waals surface area contributed by atoms with Gasteiger partial charge in [0.1, 0.15) is 12.3 Å². The molecule has 1 saturated carbocycles. The number of hydrogen-bond acceptors (Lipinski definition) is 7. The third-order valence-corrected chi connectivity index (χ3v) is 8.78. The summed E-state index contributed by atoms with van der Waals surface area (Å²) in [5.41, 5.74) is 3.15. The molecule has 44 heavy (non-hydrogen) atoms. The maximum absolute atomic E-state index is 13.4. The van der Waals surface area contributed by atoms with Crippen molar-refractivity contribution in [2.45, 2.75) is 55.8 Å². The van der Waals surface area contributed by atoms with E-state index in [1.54, 1.807) is 31.0 Å². The van der Waals surface area contributed by atoms with Gasteiger partial charge in [0.25, 0.3) is 0 Å². The van der Waals surface area contributed by atoms with Gasteiger partial charge in [-0.1, -0.05) is 31.2 Å². The van der Waals surface area contributed by atoms with Gasteiger partial charge in [-0.3, -0.25) is 0 Å². The van der Waals surface area contributed by atoms with E-state index in [4.69, 9.17) is 14.6 Å². The Hall–Kier alpha value is -3.04. The number of aliphatic hydroxyl groups excluding tert-OH is 1. The molecule has 11 heteroatoms. The Morgan fingerprint density at radius 3 is 2.41 bits per heavy atom. The number of ether oxygens (including phenoxy) is 2. The summed E-state index contributed by atoms with van der Waals surface area (Å²) in [4.78, 5) is 1.08. The molecule has 1 aliphatic carbocycles. The van der Waals surface area contributed by atoms with Crippen molar-refractivity contribution in [1.29, 1.82) is 0 Å². The van der Waals surface area contributed by atoms with Gasteiger partial charge in [-0.25, -0.2) is 0 Å². The number of thioether (sulfide) groups is 1. The van der Waals surface area contributed by atoms with Crippen LogP contribution in [0, 0.1) is 17.3 Å². The highest BCUT2D eigenvalue weighted by molar-refractivity contribution is 7.98. The van der Waals surface area contributed by atoms with Crippen molar-refractivity contribution in [1.82, 2.24) is 9.88 Å². The van der Waals surface area contributed by atoms with Crippen molar-refractivity contribution >= 4 is 34.0 Å². The molecule has 7 nitrogen and oxygen atoms in total. The molecule has 0 unspecified atom stereocenters. The molecule has 6 rings (SSSR count). The SMILES string of the molecule is C1NCC12COC2.CO.COc1cc(SC)ccc1NCC#Cc1cc2c(NC3CCCCC3)cccc2n1CC(F)(F)F. The molecule has 240 valence electrons. The van der Waals surface area contributed by atoms with Crippen LogP contribution in [0.25, 0.3) is 10.9 Å². The second-order valence-electron chi connectivity index (χ2n) is 11.3. The number of methoxy groups -OCH3 is 1. The van der Waals surface area contributed by atoms with E-state index in [9.17, 15) is 13.2 Å². The highest BCUT2D eigenvalue weighted by atomic mass is 32.2. The van der Waals surface area contributed by atoms with Crippen LogP contribution in [0.4, 0.5) is 24.5 Å². The molecule has 3 aliphatic rings. The summed E-state index contributed by atoms with van der Waals surface area (Å²) < 4.78 is 52.1. The van der Waals surface area contributed by atoms with Gasteiger partial charge >= 0.3 is 6.18 Å². The minimum atomic E-state index is -4.35. The highest BCUT2D eigenvalue weighted by Gasteiger charge is 2.43. The topological polar surface area (TPSA) is 79.7 Å². The van der Waals surface area contributed by atoms with Crippen molar-refractivity contribution < 1.29 is 27.8 Å². The number of rotatable bonds is 7. The van der Waals surface area contributed by atoms with E-state index in [2.05, 4.69) is 27.8 Å². The maximum atomic E-state index is 13.4. The predicted octanol–water partition coefficient (Wildman–Crippen LogP) is 6.36. The summed E-state index contributed by atoms with van der Waals surface area (Å²) in [5, 5.41) is 17.8. The van der Waals surface area contributed by atoms with Crippen LogP contribution in [-0.2, 0) is 11.3 Å². The van der Waals surface area contributed by atoms with Gasteiger partial charge in [0.2, 0.25) is 0 Å². The Morgan fingerprint density at radius 1 is 1.09 bits per heavy atom. The number of nitrogens with zero attached hydrogens (tertiary/aromatic N) is 1. The first kappa shape index (κ1) is 33.8. The Kier molecular flexibility index (Phi) is 12.2. The number of benzene rings is 2. The number of halogens is 3. The monoisotopic (exact) mass is 632 g/mol. The lowest BCUT2D eigenvalue weighted by molar-refractivity contribution is -0.140. The van der Waals surface area contributed by atoms with Crippen molar-refractivity contribution in [2.24, 2.45) is 5.41 Å². The standard InChI is InChI=1S/C27H30F3N3OS.C5H9NO.CH4O/c1-34-26-17-21(35-2)13-14-24(26)31-15-7-10-20-16-22-23(32-19-8-4-3-5-9-19)11-6-12-25(22)33(20)18-27(28,29)30;1-5(2-6-1)3-7-4-5;1-2/h6,11-14,16-17,19,31-32H,3-5,8-9,15,18H2,1-2H3;6H,1-4H2;2H,1H3. The molecule has 2 aliphatic heterocycles. The molecule has 2 aromatic carbocycles. The van der Waals surface area contributed by atoms with Crippen LogP contribution in [0.15, 0.2) is 47.4 Å². The number of anilines is 2. The summed E-state index contributed by atoms with van der Waals surface area (Å²) in [6.45, 7) is 3.57. The lowest BCUT2D eigenvalue weighted by Crippen LogP contribution is -2.64. The molecule has 3 aromatic rings. The van der Waals surface area contributed by atoms with E-state index >= 15 is 0 Å². The zero-order valence-corrected chi connectivity index (χ0v) is 26.5. The molecule has 0 amide bonds. The number of aromatic nitrogens is 1. The fourth-order valence-corrected chi connectivity index (χ4v) is 6.05. The van der Waals surface area contributed by atoms with Crippen molar-refractivity contribution in [3.8, 4) is 17.6 Å². The van der Waals surface area contributed by atoms with Crippen molar-refractivity contribution in [3.63, 3.8) is 0 Å². The molecular weight excluding hydrogens is 589 g/mol. The minimum absolute atomic E-state index is 0.274. The normalized spacial score (nSPS) is 17.1. The number of nitrogens with one attached hydrogen (secondary N) is 3. The van der Waals surface area contributed by atoms with E-state index in [1.165, 1.54) is 36.9 Å². The van der Waals surface area contributed by atoms with Crippen LogP contribution in [0.2, 0.25) is 0 Å². The first-order chi connectivity index (χ1) is 21.3. The molecule has 1 spiro atoms. The molecule has 3 fully saturated rings. The quantitative estimate of drug-likeness (QED) is 0.179. The molecular formula is C33H43F3N4O3S. The summed E-state index contributed by atoms with van der Waals surface area (Å²) >= 11 is 1.62. The lowest BCUT2D eigenvalue weighted by atomic mass is 9.80. The maximum Gasteiger partial charge on any atom is 0.406 e. The van der Waals surface area contributed by atoms with Gasteiger partial charge in [0, 0.05) is 47.6 Å². The fraction of sp³-hybridized carbons (Fsp3) is 0.515. The van der Waals surface area contributed by atoms with Gasteiger partial charge < -0.3 is 35.1 Å². The Bertz CT molecular complexity index is 1400. The average Bonchev–Trinajstić information content (AvgIpc) is 3.32. The summed E-state index contributed by atoms with van der Waals surface area (Å²) in [6, 6.07) is 13.4. The molecule has 1 aromatic heterocycles. The van der Waals surface area contributed by atoms with E-state index < -0.39 is 12.7 Å². The second-order valence-corrected chi connectivity index (χ2v) is 12.1. The van der Waals surface area contributed by atoms with Gasteiger partial charge in [0.15, 0.2) is 0 Å². The average molecular weight is 633 g/mol. The van der Waals surface area contributed by atoms with Gasteiger partial charge in [0.05, 0.1) is 43.8 Å². The second kappa shape index (κ2) is 15.8. The van der Waals surface area contributed by atoms with E-state index in [0.29, 0.717) is 28.4 Å². The van der Waals surface area contributed by atoms with Crippen molar-refractivity contribution in [3.05, 3.63) is 48.2 Å². The largest absolute Gasteiger partial charge is 0.495 e. The van der Waals surface area contributed by atoms with Crippen LogP contribution in [0.1, 0.15) is 37.8 Å². The van der Waals surface area contributed by atoms with Crippen LogP contribution in [0.3, 0.4) is 0 Å². The van der Waals surface area contributed by atoms with Gasteiger partial charge in [-0.2, -0.15) is 13.2 Å². The van der Waals surface area contributed by atoms with Crippen LogP contribution in [0.5, 0.6) is 5.75 Å². The highest BCUT2D eigenvalue weighted by Crippen LogP contribution is 2.33.